The Morgan fingerprint density at radius 1 is 1.19 bits per heavy atom. The Hall–Kier alpha value is -2.70. The lowest BCUT2D eigenvalue weighted by Crippen LogP contribution is -2.14. The van der Waals surface area contributed by atoms with E-state index in [0.29, 0.717) is 28.0 Å². The molecule has 1 aromatic heterocycles. The largest absolute Gasteiger partial charge is 0.459 e. The molecule has 3 aromatic rings. The zero-order valence-electron chi connectivity index (χ0n) is 13.7. The molecule has 0 unspecified atom stereocenters. The van der Waals surface area contributed by atoms with Crippen molar-refractivity contribution < 1.29 is 14.0 Å². The van der Waals surface area contributed by atoms with Crippen LogP contribution < -0.4 is 16.8 Å². The van der Waals surface area contributed by atoms with Gasteiger partial charge in [0.2, 0.25) is 5.91 Å². The first kappa shape index (κ1) is 18.1. The Balaban J connectivity index is 2.04. The normalized spacial score (nSPS) is 10.9. The topological polar surface area (TPSA) is 111 Å². The number of carbonyl (C=O) groups is 2. The Labute approximate surface area is 159 Å². The van der Waals surface area contributed by atoms with Crippen molar-refractivity contribution in [3.63, 3.8) is 0 Å². The van der Waals surface area contributed by atoms with Crippen molar-refractivity contribution >= 4 is 57.4 Å². The minimum Gasteiger partial charge on any atom is -0.459 e. The van der Waals surface area contributed by atoms with E-state index in [-0.39, 0.29) is 27.7 Å². The minimum atomic E-state index is -0.523. The quantitative estimate of drug-likeness (QED) is 0.585. The van der Waals surface area contributed by atoms with Gasteiger partial charge in [-0.3, -0.25) is 9.59 Å². The van der Waals surface area contributed by atoms with Gasteiger partial charge in [0.25, 0.3) is 5.91 Å². The SMILES string of the molecule is Cc1oc2c(NC(=O)c3c(Cl)ccc(N)c3Cl)cccc2c1CC(N)=O. The van der Waals surface area contributed by atoms with Crippen LogP contribution in [0, 0.1) is 6.92 Å². The molecule has 0 aliphatic heterocycles. The van der Waals surface area contributed by atoms with Crippen LogP contribution in [0.5, 0.6) is 0 Å². The number of benzene rings is 2. The summed E-state index contributed by atoms with van der Waals surface area (Å²) in [5, 5.41) is 3.68. The summed E-state index contributed by atoms with van der Waals surface area (Å²) >= 11 is 12.2. The maximum absolute atomic E-state index is 12.7. The van der Waals surface area contributed by atoms with Gasteiger partial charge in [0.1, 0.15) is 5.76 Å². The lowest BCUT2D eigenvalue weighted by molar-refractivity contribution is -0.117. The van der Waals surface area contributed by atoms with E-state index >= 15 is 0 Å². The molecule has 5 N–H and O–H groups in total. The van der Waals surface area contributed by atoms with Crippen LogP contribution in [0.3, 0.4) is 0 Å². The molecule has 0 aliphatic carbocycles. The summed E-state index contributed by atoms with van der Waals surface area (Å²) in [5.41, 5.74) is 12.9. The van der Waals surface area contributed by atoms with E-state index < -0.39 is 11.8 Å². The third-order valence-corrected chi connectivity index (χ3v) is 4.69. The van der Waals surface area contributed by atoms with Crippen LogP contribution in [0.15, 0.2) is 34.7 Å². The summed E-state index contributed by atoms with van der Waals surface area (Å²) in [6, 6.07) is 8.22. The van der Waals surface area contributed by atoms with Crippen molar-refractivity contribution in [1.82, 2.24) is 0 Å². The highest BCUT2D eigenvalue weighted by molar-refractivity contribution is 6.42. The van der Waals surface area contributed by atoms with Crippen molar-refractivity contribution in [2.24, 2.45) is 5.73 Å². The molecule has 26 heavy (non-hydrogen) atoms. The highest BCUT2D eigenvalue weighted by Crippen LogP contribution is 2.34. The molecule has 0 saturated carbocycles. The van der Waals surface area contributed by atoms with Gasteiger partial charge in [0.05, 0.1) is 33.4 Å². The van der Waals surface area contributed by atoms with Crippen LogP contribution in [0.1, 0.15) is 21.7 Å². The number of aryl methyl sites for hydroxylation is 1. The second-order valence-corrected chi connectivity index (χ2v) is 6.53. The Morgan fingerprint density at radius 2 is 1.92 bits per heavy atom. The average molecular weight is 392 g/mol. The molecule has 0 radical (unpaired) electrons. The first-order valence-corrected chi connectivity index (χ1v) is 8.39. The molecule has 2 amide bonds. The fourth-order valence-corrected chi connectivity index (χ4v) is 3.29. The number of halogens is 2. The van der Waals surface area contributed by atoms with Gasteiger partial charge in [-0.15, -0.1) is 0 Å². The number of primary amides is 1. The summed E-state index contributed by atoms with van der Waals surface area (Å²) < 4.78 is 5.74. The third-order valence-electron chi connectivity index (χ3n) is 3.97. The van der Waals surface area contributed by atoms with E-state index in [1.807, 2.05) is 0 Å². The lowest BCUT2D eigenvalue weighted by Gasteiger charge is -2.10. The van der Waals surface area contributed by atoms with Crippen molar-refractivity contribution in [2.45, 2.75) is 13.3 Å². The molecule has 3 rings (SSSR count). The molecule has 0 spiro atoms. The number of hydrogen-bond donors (Lipinski definition) is 3. The van der Waals surface area contributed by atoms with Crippen LogP contribution >= 0.6 is 23.2 Å². The number of amides is 2. The number of fused-ring (bicyclic) bond motifs is 1. The van der Waals surface area contributed by atoms with Gasteiger partial charge in [0.15, 0.2) is 5.58 Å². The van der Waals surface area contributed by atoms with Crippen LogP contribution in [-0.2, 0) is 11.2 Å². The summed E-state index contributed by atoms with van der Waals surface area (Å²) in [4.78, 5) is 24.0. The predicted molar refractivity (Wildman–Crippen MR) is 103 cm³/mol. The molecule has 6 nitrogen and oxygen atoms in total. The standard InChI is InChI=1S/C18H15Cl2N3O3/c1-8-10(7-14(22)24)9-3-2-4-13(17(9)26-8)23-18(25)15-11(19)5-6-12(21)16(15)20/h2-6H,7,21H2,1H3,(H2,22,24)(H,23,25). The fourth-order valence-electron chi connectivity index (χ4n) is 2.74. The number of hydrogen-bond acceptors (Lipinski definition) is 4. The number of rotatable bonds is 4. The molecule has 0 fully saturated rings. The first-order chi connectivity index (χ1) is 12.3. The minimum absolute atomic E-state index is 0.0448. The van der Waals surface area contributed by atoms with Gasteiger partial charge in [0, 0.05) is 10.9 Å². The van der Waals surface area contributed by atoms with E-state index in [9.17, 15) is 9.59 Å². The molecule has 0 saturated heterocycles. The van der Waals surface area contributed by atoms with Crippen molar-refractivity contribution in [2.75, 3.05) is 11.1 Å². The number of nitrogens with one attached hydrogen (secondary N) is 1. The molecule has 134 valence electrons. The maximum Gasteiger partial charge on any atom is 0.258 e. The smallest absolute Gasteiger partial charge is 0.258 e. The number of carbonyl (C=O) groups excluding carboxylic acids is 2. The fraction of sp³-hybridized carbons (Fsp3) is 0.111. The van der Waals surface area contributed by atoms with E-state index in [4.69, 9.17) is 39.1 Å². The summed E-state index contributed by atoms with van der Waals surface area (Å²) in [7, 11) is 0. The molecule has 0 aliphatic rings. The van der Waals surface area contributed by atoms with Crippen LogP contribution in [-0.4, -0.2) is 11.8 Å². The second kappa shape index (κ2) is 6.90. The van der Waals surface area contributed by atoms with Gasteiger partial charge in [-0.1, -0.05) is 35.3 Å². The second-order valence-electron chi connectivity index (χ2n) is 5.74. The van der Waals surface area contributed by atoms with Crippen molar-refractivity contribution in [3.05, 3.63) is 57.3 Å². The van der Waals surface area contributed by atoms with Crippen LogP contribution in [0.4, 0.5) is 11.4 Å². The summed E-state index contributed by atoms with van der Waals surface area (Å²) in [6.07, 6.45) is 0.0448. The maximum atomic E-state index is 12.7. The van der Waals surface area contributed by atoms with E-state index in [1.54, 1.807) is 25.1 Å². The van der Waals surface area contributed by atoms with Gasteiger partial charge in [-0.2, -0.15) is 0 Å². The number of nitrogens with two attached hydrogens (primary N) is 2. The molecule has 2 aromatic carbocycles. The Kier molecular flexibility index (Phi) is 4.80. The van der Waals surface area contributed by atoms with Gasteiger partial charge in [-0.05, 0) is 25.1 Å². The Morgan fingerprint density at radius 3 is 2.62 bits per heavy atom. The van der Waals surface area contributed by atoms with Crippen molar-refractivity contribution in [1.29, 1.82) is 0 Å². The molecule has 0 atom stereocenters. The first-order valence-electron chi connectivity index (χ1n) is 7.63. The lowest BCUT2D eigenvalue weighted by atomic mass is 10.1. The molecular weight excluding hydrogens is 377 g/mol. The molecular formula is C18H15Cl2N3O3. The predicted octanol–water partition coefficient (Wildman–Crippen LogP) is 3.91. The van der Waals surface area contributed by atoms with Gasteiger partial charge >= 0.3 is 0 Å². The van der Waals surface area contributed by atoms with Crippen LogP contribution in [0.25, 0.3) is 11.0 Å². The molecule has 1 heterocycles. The molecule has 0 bridgehead atoms. The van der Waals surface area contributed by atoms with E-state index in [0.717, 1.165) is 0 Å². The summed E-state index contributed by atoms with van der Waals surface area (Å²) in [5.74, 6) is -0.436. The van der Waals surface area contributed by atoms with E-state index in [2.05, 4.69) is 5.32 Å². The highest BCUT2D eigenvalue weighted by Gasteiger charge is 2.20. The van der Waals surface area contributed by atoms with Gasteiger partial charge < -0.3 is 21.2 Å². The number of para-hydroxylation sites is 1. The average Bonchev–Trinajstić information content (AvgIpc) is 2.88. The summed E-state index contributed by atoms with van der Waals surface area (Å²) in [6.45, 7) is 1.73. The molecule has 8 heteroatoms. The number of nitrogen functional groups attached to an aromatic ring is 1. The highest BCUT2D eigenvalue weighted by atomic mass is 35.5. The van der Waals surface area contributed by atoms with Crippen molar-refractivity contribution in [3.8, 4) is 0 Å². The monoisotopic (exact) mass is 391 g/mol. The number of anilines is 2. The zero-order valence-corrected chi connectivity index (χ0v) is 15.2. The number of furan rings is 1. The third kappa shape index (κ3) is 3.21. The zero-order chi connectivity index (χ0) is 19.0. The Bertz CT molecular complexity index is 1040. The van der Waals surface area contributed by atoms with Crippen LogP contribution in [0.2, 0.25) is 10.0 Å². The van der Waals surface area contributed by atoms with Gasteiger partial charge in [-0.25, -0.2) is 0 Å². The van der Waals surface area contributed by atoms with E-state index in [1.165, 1.54) is 12.1 Å².